The van der Waals surface area contributed by atoms with Crippen molar-refractivity contribution in [1.29, 1.82) is 0 Å². The molecule has 1 saturated heterocycles. The van der Waals surface area contributed by atoms with Crippen molar-refractivity contribution in [3.63, 3.8) is 0 Å². The summed E-state index contributed by atoms with van der Waals surface area (Å²) in [7, 11) is 0. The number of halogens is 1. The van der Waals surface area contributed by atoms with Crippen LogP contribution in [0.15, 0.2) is 0 Å². The van der Waals surface area contributed by atoms with Crippen LogP contribution in [0.2, 0.25) is 0 Å². The van der Waals surface area contributed by atoms with Gasteiger partial charge < -0.3 is 10.4 Å². The molecule has 12 heavy (non-hydrogen) atoms. The highest BCUT2D eigenvalue weighted by molar-refractivity contribution is 5.85. The van der Waals surface area contributed by atoms with Gasteiger partial charge in [-0.3, -0.25) is 4.79 Å². The van der Waals surface area contributed by atoms with Crippen molar-refractivity contribution in [3.8, 4) is 0 Å². The topological polar surface area (TPSA) is 49.3 Å². The zero-order valence-corrected chi connectivity index (χ0v) is 8.27. The van der Waals surface area contributed by atoms with E-state index in [1.807, 2.05) is 0 Å². The normalized spacial score (nSPS) is 16.8. The van der Waals surface area contributed by atoms with E-state index in [1.165, 1.54) is 32.4 Å². The molecule has 0 unspecified atom stereocenters. The molecule has 0 bridgehead atoms. The summed E-state index contributed by atoms with van der Waals surface area (Å²) in [4.78, 5) is 8.36. The van der Waals surface area contributed by atoms with Crippen LogP contribution < -0.4 is 5.32 Å². The highest BCUT2D eigenvalue weighted by Crippen LogP contribution is 2.13. The van der Waals surface area contributed by atoms with Gasteiger partial charge in [0.2, 0.25) is 0 Å². The number of hydrogen-bond donors (Lipinski definition) is 2. The van der Waals surface area contributed by atoms with Gasteiger partial charge in [0.05, 0.1) is 0 Å². The van der Waals surface area contributed by atoms with Gasteiger partial charge in [0.15, 0.2) is 0 Å². The molecule has 1 rings (SSSR count). The molecule has 0 spiro atoms. The number of carbonyl (C=O) groups is 1. The molecule has 1 heterocycles. The fourth-order valence-electron chi connectivity index (χ4n) is 1.29. The first-order chi connectivity index (χ1) is 5.35. The lowest BCUT2D eigenvalue weighted by atomic mass is 9.96. The second-order valence-corrected chi connectivity index (χ2v) is 2.71. The van der Waals surface area contributed by atoms with E-state index in [2.05, 4.69) is 12.2 Å². The van der Waals surface area contributed by atoms with Crippen LogP contribution in [-0.4, -0.2) is 24.7 Å². The van der Waals surface area contributed by atoms with Crippen molar-refractivity contribution in [3.05, 3.63) is 0 Å². The lowest BCUT2D eigenvalue weighted by Gasteiger charge is -2.20. The third-order valence-corrected chi connectivity index (χ3v) is 2.04. The Bertz CT molecular complexity index is 95.1. The number of carboxylic acid groups (broad SMARTS) is 1. The van der Waals surface area contributed by atoms with E-state index >= 15 is 0 Å². The minimum absolute atomic E-state index is 0. The van der Waals surface area contributed by atoms with Crippen molar-refractivity contribution >= 4 is 18.9 Å². The minimum Gasteiger partial charge on any atom is -0.483 e. The highest BCUT2D eigenvalue weighted by atomic mass is 35.5. The summed E-state index contributed by atoms with van der Waals surface area (Å²) in [6, 6.07) is 0. The van der Waals surface area contributed by atoms with Crippen molar-refractivity contribution < 1.29 is 9.90 Å². The number of piperidine rings is 1. The van der Waals surface area contributed by atoms with Crippen LogP contribution in [-0.2, 0) is 4.79 Å². The van der Waals surface area contributed by atoms with Gasteiger partial charge in [-0.1, -0.05) is 13.3 Å². The van der Waals surface area contributed by atoms with Gasteiger partial charge in [-0.2, -0.15) is 0 Å². The molecule has 1 fully saturated rings. The van der Waals surface area contributed by atoms with E-state index in [0.29, 0.717) is 0 Å². The summed E-state index contributed by atoms with van der Waals surface area (Å²) in [5.41, 5.74) is 0. The lowest BCUT2D eigenvalue weighted by molar-refractivity contribution is -0.122. The fourth-order valence-corrected chi connectivity index (χ4v) is 1.29. The van der Waals surface area contributed by atoms with Crippen molar-refractivity contribution in [2.24, 2.45) is 5.92 Å². The molecule has 0 aliphatic carbocycles. The Morgan fingerprint density at radius 1 is 1.50 bits per heavy atom. The standard InChI is InChI=1S/C7H15N.CH2O2.ClH/c1-2-7-3-5-8-6-4-7;2-1-3;/h7-8H,2-6H2,1H3;1H,(H,2,3);1H. The maximum Gasteiger partial charge on any atom is 0.290 e. The third-order valence-electron chi connectivity index (χ3n) is 2.04. The minimum atomic E-state index is -0.250. The second kappa shape index (κ2) is 10.7. The average Bonchev–Trinajstić information content (AvgIpc) is 2.08. The van der Waals surface area contributed by atoms with Crippen molar-refractivity contribution in [1.82, 2.24) is 5.32 Å². The van der Waals surface area contributed by atoms with Gasteiger partial charge >= 0.3 is 0 Å². The summed E-state index contributed by atoms with van der Waals surface area (Å²) in [5, 5.41) is 10.2. The predicted molar refractivity (Wildman–Crippen MR) is 51.8 cm³/mol. The van der Waals surface area contributed by atoms with Gasteiger partial charge in [-0.25, -0.2) is 0 Å². The zero-order chi connectivity index (χ0) is 8.53. The largest absolute Gasteiger partial charge is 0.483 e. The molecule has 2 N–H and O–H groups in total. The Hall–Kier alpha value is -0.280. The summed E-state index contributed by atoms with van der Waals surface area (Å²) < 4.78 is 0. The number of nitrogens with one attached hydrogen (secondary N) is 1. The van der Waals surface area contributed by atoms with Crippen LogP contribution >= 0.6 is 12.4 Å². The lowest BCUT2D eigenvalue weighted by Crippen LogP contribution is -2.27. The first kappa shape index (κ1) is 14.3. The fraction of sp³-hybridized carbons (Fsp3) is 0.875. The molecule has 0 aromatic heterocycles. The van der Waals surface area contributed by atoms with Crippen LogP contribution in [0.5, 0.6) is 0 Å². The number of hydrogen-bond acceptors (Lipinski definition) is 2. The Morgan fingerprint density at radius 3 is 2.17 bits per heavy atom. The SMILES string of the molecule is CCC1CCNCC1.Cl.O=CO. The smallest absolute Gasteiger partial charge is 0.290 e. The molecule has 74 valence electrons. The molecule has 3 nitrogen and oxygen atoms in total. The summed E-state index contributed by atoms with van der Waals surface area (Å²) in [6.07, 6.45) is 4.18. The maximum absolute atomic E-state index is 8.36. The van der Waals surface area contributed by atoms with E-state index in [1.54, 1.807) is 0 Å². The molecule has 0 aromatic carbocycles. The molecule has 4 heteroatoms. The molecular weight excluding hydrogens is 178 g/mol. The zero-order valence-electron chi connectivity index (χ0n) is 7.45. The Balaban J connectivity index is 0. The third kappa shape index (κ3) is 7.82. The van der Waals surface area contributed by atoms with Crippen LogP contribution in [0.1, 0.15) is 26.2 Å². The molecule has 0 radical (unpaired) electrons. The number of rotatable bonds is 1. The molecular formula is C8H18ClNO2. The second-order valence-electron chi connectivity index (χ2n) is 2.71. The average molecular weight is 196 g/mol. The summed E-state index contributed by atoms with van der Waals surface area (Å²) in [5.74, 6) is 1.02. The van der Waals surface area contributed by atoms with Gasteiger partial charge in [0.25, 0.3) is 6.47 Å². The quantitative estimate of drug-likeness (QED) is 0.624. The van der Waals surface area contributed by atoms with Crippen molar-refractivity contribution in [2.45, 2.75) is 26.2 Å². The van der Waals surface area contributed by atoms with Crippen LogP contribution in [0.25, 0.3) is 0 Å². The monoisotopic (exact) mass is 195 g/mol. The highest BCUT2D eigenvalue weighted by Gasteiger charge is 2.08. The molecule has 0 saturated carbocycles. The molecule has 0 atom stereocenters. The van der Waals surface area contributed by atoms with E-state index in [0.717, 1.165) is 5.92 Å². The van der Waals surface area contributed by atoms with E-state index in [4.69, 9.17) is 9.90 Å². The first-order valence-corrected chi connectivity index (χ1v) is 4.13. The van der Waals surface area contributed by atoms with E-state index in [-0.39, 0.29) is 18.9 Å². The summed E-state index contributed by atoms with van der Waals surface area (Å²) >= 11 is 0. The van der Waals surface area contributed by atoms with Crippen LogP contribution in [0, 0.1) is 5.92 Å². The van der Waals surface area contributed by atoms with Gasteiger partial charge in [-0.15, -0.1) is 12.4 Å². The Labute approximate surface area is 80.0 Å². The van der Waals surface area contributed by atoms with Crippen molar-refractivity contribution in [2.75, 3.05) is 13.1 Å². The van der Waals surface area contributed by atoms with Gasteiger partial charge in [0.1, 0.15) is 0 Å². The summed E-state index contributed by atoms with van der Waals surface area (Å²) in [6.45, 7) is 4.53. The van der Waals surface area contributed by atoms with E-state index < -0.39 is 0 Å². The molecule has 1 aliphatic heterocycles. The maximum atomic E-state index is 8.36. The van der Waals surface area contributed by atoms with E-state index in [9.17, 15) is 0 Å². The molecule has 0 aromatic rings. The van der Waals surface area contributed by atoms with Gasteiger partial charge in [0, 0.05) is 0 Å². The van der Waals surface area contributed by atoms with Crippen LogP contribution in [0.3, 0.4) is 0 Å². The molecule has 0 amide bonds. The predicted octanol–water partition coefficient (Wildman–Crippen LogP) is 1.52. The van der Waals surface area contributed by atoms with Gasteiger partial charge in [-0.05, 0) is 31.8 Å². The van der Waals surface area contributed by atoms with Crippen LogP contribution in [0.4, 0.5) is 0 Å². The Kier molecular flexibility index (Phi) is 12.7. The Morgan fingerprint density at radius 2 is 1.92 bits per heavy atom. The first-order valence-electron chi connectivity index (χ1n) is 4.13. The molecule has 1 aliphatic rings.